The van der Waals surface area contributed by atoms with Gasteiger partial charge in [0.1, 0.15) is 5.82 Å². The number of aryl methyl sites for hydroxylation is 1. The van der Waals surface area contributed by atoms with Gasteiger partial charge in [0.05, 0.1) is 0 Å². The van der Waals surface area contributed by atoms with Crippen molar-refractivity contribution in [2.24, 2.45) is 5.92 Å². The third-order valence-corrected chi connectivity index (χ3v) is 4.84. The van der Waals surface area contributed by atoms with E-state index >= 15 is 0 Å². The van der Waals surface area contributed by atoms with E-state index in [-0.39, 0.29) is 0 Å². The average Bonchev–Trinajstić information content (AvgIpc) is 3.09. The van der Waals surface area contributed by atoms with E-state index < -0.39 is 0 Å². The van der Waals surface area contributed by atoms with Crippen LogP contribution in [0.3, 0.4) is 0 Å². The molecule has 0 aliphatic heterocycles. The molecule has 118 valence electrons. The van der Waals surface area contributed by atoms with Crippen LogP contribution in [0.5, 0.6) is 0 Å². The van der Waals surface area contributed by atoms with E-state index in [1.165, 1.54) is 23.1 Å². The summed E-state index contributed by atoms with van der Waals surface area (Å²) < 4.78 is 2.07. The van der Waals surface area contributed by atoms with E-state index in [0.717, 1.165) is 24.4 Å². The van der Waals surface area contributed by atoms with Crippen LogP contribution >= 0.6 is 0 Å². The SMILES string of the molecule is Cc1ccc2c(c1)C(NCCc1nnc3ccccn13)C(C)C2. The second-order valence-electron chi connectivity index (χ2n) is 6.61. The molecule has 0 spiro atoms. The average molecular weight is 306 g/mol. The smallest absolute Gasteiger partial charge is 0.160 e. The molecule has 4 nitrogen and oxygen atoms in total. The fourth-order valence-electron chi connectivity index (χ4n) is 3.67. The maximum absolute atomic E-state index is 4.31. The quantitative estimate of drug-likeness (QED) is 0.805. The van der Waals surface area contributed by atoms with E-state index in [4.69, 9.17) is 0 Å². The molecule has 4 heteroatoms. The van der Waals surface area contributed by atoms with Crippen LogP contribution in [0.15, 0.2) is 42.6 Å². The minimum absolute atomic E-state index is 0.448. The molecule has 0 saturated heterocycles. The monoisotopic (exact) mass is 306 g/mol. The number of nitrogens with one attached hydrogen (secondary N) is 1. The summed E-state index contributed by atoms with van der Waals surface area (Å²) in [6, 6.07) is 13.3. The van der Waals surface area contributed by atoms with Gasteiger partial charge in [0.25, 0.3) is 0 Å². The number of hydrogen-bond donors (Lipinski definition) is 1. The first-order chi connectivity index (χ1) is 11.2. The van der Waals surface area contributed by atoms with Gasteiger partial charge >= 0.3 is 0 Å². The Morgan fingerprint density at radius 2 is 2.13 bits per heavy atom. The lowest BCUT2D eigenvalue weighted by atomic mass is 10.0. The van der Waals surface area contributed by atoms with Crippen molar-refractivity contribution in [3.63, 3.8) is 0 Å². The lowest BCUT2D eigenvalue weighted by molar-refractivity contribution is 0.417. The molecule has 0 bridgehead atoms. The first kappa shape index (κ1) is 14.4. The Morgan fingerprint density at radius 3 is 3.04 bits per heavy atom. The molecule has 2 heterocycles. The second kappa shape index (κ2) is 5.78. The highest BCUT2D eigenvalue weighted by Crippen LogP contribution is 2.36. The number of benzene rings is 1. The normalized spacial score (nSPS) is 20.1. The second-order valence-corrected chi connectivity index (χ2v) is 6.61. The molecular weight excluding hydrogens is 284 g/mol. The summed E-state index contributed by atoms with van der Waals surface area (Å²) in [5.41, 5.74) is 5.22. The van der Waals surface area contributed by atoms with Gasteiger partial charge in [0, 0.05) is 25.2 Å². The molecule has 0 amide bonds. The summed E-state index contributed by atoms with van der Waals surface area (Å²) in [6.07, 6.45) is 4.08. The van der Waals surface area contributed by atoms with Crippen molar-refractivity contribution in [2.75, 3.05) is 6.54 Å². The summed E-state index contributed by atoms with van der Waals surface area (Å²) in [6.45, 7) is 5.42. The van der Waals surface area contributed by atoms with E-state index in [1.54, 1.807) is 0 Å². The molecule has 1 aromatic carbocycles. The zero-order chi connectivity index (χ0) is 15.8. The molecule has 1 aliphatic carbocycles. The van der Waals surface area contributed by atoms with Gasteiger partial charge in [-0.25, -0.2) is 0 Å². The van der Waals surface area contributed by atoms with E-state index in [0.29, 0.717) is 12.0 Å². The van der Waals surface area contributed by atoms with Crippen molar-refractivity contribution >= 4 is 5.65 Å². The molecule has 3 aromatic rings. The molecule has 0 radical (unpaired) electrons. The molecule has 0 saturated carbocycles. The summed E-state index contributed by atoms with van der Waals surface area (Å²) in [5.74, 6) is 1.66. The molecule has 4 rings (SSSR count). The lowest BCUT2D eigenvalue weighted by Crippen LogP contribution is -2.26. The van der Waals surface area contributed by atoms with Crippen LogP contribution in [0.4, 0.5) is 0 Å². The van der Waals surface area contributed by atoms with E-state index in [2.05, 4.69) is 52.0 Å². The van der Waals surface area contributed by atoms with Gasteiger partial charge in [-0.1, -0.05) is 36.8 Å². The van der Waals surface area contributed by atoms with Crippen LogP contribution in [0.25, 0.3) is 5.65 Å². The number of fused-ring (bicyclic) bond motifs is 2. The number of aromatic nitrogens is 3. The highest BCUT2D eigenvalue weighted by Gasteiger charge is 2.28. The number of hydrogen-bond acceptors (Lipinski definition) is 3. The molecule has 1 N–H and O–H groups in total. The maximum Gasteiger partial charge on any atom is 0.160 e. The largest absolute Gasteiger partial charge is 0.309 e. The van der Waals surface area contributed by atoms with Gasteiger partial charge in [-0.3, -0.25) is 4.40 Å². The summed E-state index contributed by atoms with van der Waals surface area (Å²) in [7, 11) is 0. The van der Waals surface area contributed by atoms with Crippen molar-refractivity contribution in [2.45, 2.75) is 32.7 Å². The summed E-state index contributed by atoms with van der Waals surface area (Å²) in [5, 5.41) is 12.3. The van der Waals surface area contributed by atoms with Crippen LogP contribution in [-0.2, 0) is 12.8 Å². The van der Waals surface area contributed by atoms with Crippen LogP contribution < -0.4 is 5.32 Å². The van der Waals surface area contributed by atoms with Crippen molar-refractivity contribution in [1.82, 2.24) is 19.9 Å². The number of nitrogens with zero attached hydrogens (tertiary/aromatic N) is 3. The van der Waals surface area contributed by atoms with Crippen molar-refractivity contribution in [3.8, 4) is 0 Å². The van der Waals surface area contributed by atoms with Gasteiger partial charge in [-0.05, 0) is 42.5 Å². The molecule has 23 heavy (non-hydrogen) atoms. The highest BCUT2D eigenvalue weighted by molar-refractivity contribution is 5.39. The zero-order valence-corrected chi connectivity index (χ0v) is 13.7. The fraction of sp³-hybridized carbons (Fsp3) is 0.368. The fourth-order valence-corrected chi connectivity index (χ4v) is 3.67. The molecule has 1 aliphatic rings. The molecule has 0 fully saturated rings. The van der Waals surface area contributed by atoms with E-state index in [1.807, 2.05) is 24.4 Å². The minimum atomic E-state index is 0.448. The third-order valence-electron chi connectivity index (χ3n) is 4.84. The molecule has 2 aromatic heterocycles. The summed E-state index contributed by atoms with van der Waals surface area (Å²) in [4.78, 5) is 0. The first-order valence-corrected chi connectivity index (χ1v) is 8.34. The van der Waals surface area contributed by atoms with Gasteiger partial charge in [-0.2, -0.15) is 0 Å². The van der Waals surface area contributed by atoms with Crippen molar-refractivity contribution in [3.05, 3.63) is 65.1 Å². The van der Waals surface area contributed by atoms with Crippen LogP contribution in [0.1, 0.15) is 35.5 Å². The van der Waals surface area contributed by atoms with Gasteiger partial charge in [-0.15, -0.1) is 10.2 Å². The standard InChI is InChI=1S/C19H22N4/c1-13-6-7-15-12-14(2)19(16(15)11-13)20-9-8-18-22-21-17-5-3-4-10-23(17)18/h3-7,10-11,14,19-20H,8-9,12H2,1-2H3. The minimum Gasteiger partial charge on any atom is -0.309 e. The topological polar surface area (TPSA) is 42.2 Å². The maximum atomic E-state index is 4.31. The van der Waals surface area contributed by atoms with Crippen molar-refractivity contribution < 1.29 is 0 Å². The lowest BCUT2D eigenvalue weighted by Gasteiger charge is -2.19. The predicted octanol–water partition coefficient (Wildman–Crippen LogP) is 3.10. The molecule has 2 atom stereocenters. The van der Waals surface area contributed by atoms with Crippen molar-refractivity contribution in [1.29, 1.82) is 0 Å². The van der Waals surface area contributed by atoms with Crippen LogP contribution in [0.2, 0.25) is 0 Å². The summed E-state index contributed by atoms with van der Waals surface area (Å²) >= 11 is 0. The molecule has 2 unspecified atom stereocenters. The third kappa shape index (κ3) is 2.63. The zero-order valence-electron chi connectivity index (χ0n) is 13.7. The number of rotatable bonds is 4. The van der Waals surface area contributed by atoms with E-state index in [9.17, 15) is 0 Å². The Hall–Kier alpha value is -2.20. The van der Waals surface area contributed by atoms with Crippen LogP contribution in [-0.4, -0.2) is 21.1 Å². The Balaban J connectivity index is 1.47. The Kier molecular flexibility index (Phi) is 3.62. The Bertz CT molecular complexity index is 836. The van der Waals surface area contributed by atoms with Gasteiger partial charge in [0.2, 0.25) is 0 Å². The van der Waals surface area contributed by atoms with Crippen LogP contribution in [0, 0.1) is 12.8 Å². The van der Waals surface area contributed by atoms with Gasteiger partial charge < -0.3 is 5.32 Å². The number of pyridine rings is 1. The highest BCUT2D eigenvalue weighted by atomic mass is 15.2. The Labute approximate surface area is 136 Å². The first-order valence-electron chi connectivity index (χ1n) is 8.34. The molecular formula is C19H22N4. The Morgan fingerprint density at radius 1 is 1.22 bits per heavy atom. The van der Waals surface area contributed by atoms with Gasteiger partial charge in [0.15, 0.2) is 5.65 Å². The predicted molar refractivity (Wildman–Crippen MR) is 91.5 cm³/mol.